The molecular weight excluding hydrogens is 352 g/mol. The zero-order chi connectivity index (χ0) is 19.3. The number of hydrogen-bond donors (Lipinski definition) is 2. The summed E-state index contributed by atoms with van der Waals surface area (Å²) in [5.41, 5.74) is 0.436. The maximum atomic E-state index is 13.3. The highest BCUT2D eigenvalue weighted by molar-refractivity contribution is 5.94. The fourth-order valence-corrected chi connectivity index (χ4v) is 6.66. The standard InChI is InChI=1S/C23H30N2O3/c26-20-17-9-15-10-18(20)13-23(11-15,12-17)22(28)24-19-7-4-8-25(14-19)21(27)16-5-2-1-3-6-16/h1-3,5-6,15,17-20,26H,4,7-14H2,(H,24,28)/t15?,17?,18?,19-,20?,23?/m0/s1. The summed E-state index contributed by atoms with van der Waals surface area (Å²) in [7, 11) is 0. The lowest BCUT2D eigenvalue weighted by atomic mass is 9.48. The van der Waals surface area contributed by atoms with Gasteiger partial charge in [0, 0.05) is 24.7 Å². The molecule has 5 heteroatoms. The molecule has 5 nitrogen and oxygen atoms in total. The van der Waals surface area contributed by atoms with Gasteiger partial charge in [-0.2, -0.15) is 0 Å². The Morgan fingerprint density at radius 2 is 1.79 bits per heavy atom. The minimum atomic E-state index is -0.276. The van der Waals surface area contributed by atoms with Crippen LogP contribution < -0.4 is 5.32 Å². The van der Waals surface area contributed by atoms with E-state index in [2.05, 4.69) is 5.32 Å². The first-order chi connectivity index (χ1) is 13.5. The van der Waals surface area contributed by atoms with E-state index in [1.54, 1.807) is 0 Å². The molecule has 28 heavy (non-hydrogen) atoms. The molecule has 2 N–H and O–H groups in total. The lowest BCUT2D eigenvalue weighted by Crippen LogP contribution is -2.60. The second-order valence-electron chi connectivity index (χ2n) is 9.67. The molecule has 6 rings (SSSR count). The van der Waals surface area contributed by atoms with Gasteiger partial charge >= 0.3 is 0 Å². The first-order valence-electron chi connectivity index (χ1n) is 10.9. The van der Waals surface area contributed by atoms with Gasteiger partial charge in [0.25, 0.3) is 5.91 Å². The van der Waals surface area contributed by atoms with Crippen molar-refractivity contribution < 1.29 is 14.7 Å². The number of carbonyl (C=O) groups excluding carboxylic acids is 2. The topological polar surface area (TPSA) is 69.6 Å². The number of aliphatic hydroxyl groups is 1. The highest BCUT2D eigenvalue weighted by atomic mass is 16.3. The quantitative estimate of drug-likeness (QED) is 0.844. The van der Waals surface area contributed by atoms with Crippen molar-refractivity contribution in [2.24, 2.45) is 23.2 Å². The lowest BCUT2D eigenvalue weighted by Gasteiger charge is -2.58. The number of amides is 2. The van der Waals surface area contributed by atoms with E-state index < -0.39 is 0 Å². The Balaban J connectivity index is 1.25. The number of rotatable bonds is 3. The van der Waals surface area contributed by atoms with E-state index in [1.165, 1.54) is 0 Å². The molecule has 0 radical (unpaired) electrons. The van der Waals surface area contributed by atoms with Crippen molar-refractivity contribution in [1.82, 2.24) is 10.2 Å². The van der Waals surface area contributed by atoms with Crippen molar-refractivity contribution >= 4 is 11.8 Å². The van der Waals surface area contributed by atoms with Crippen LogP contribution in [0.4, 0.5) is 0 Å². The molecule has 150 valence electrons. The average molecular weight is 383 g/mol. The minimum absolute atomic E-state index is 0.0341. The lowest BCUT2D eigenvalue weighted by molar-refractivity contribution is -0.163. The van der Waals surface area contributed by atoms with Crippen LogP contribution in [-0.2, 0) is 4.79 Å². The molecule has 2 unspecified atom stereocenters. The van der Waals surface area contributed by atoms with Gasteiger partial charge in [-0.25, -0.2) is 0 Å². The predicted octanol–water partition coefficient (Wildman–Crippen LogP) is 2.59. The normalized spacial score (nSPS) is 39.0. The van der Waals surface area contributed by atoms with Crippen LogP contribution in [0.15, 0.2) is 30.3 Å². The van der Waals surface area contributed by atoms with Crippen molar-refractivity contribution in [2.75, 3.05) is 13.1 Å². The molecular formula is C23H30N2O3. The molecule has 4 bridgehead atoms. The van der Waals surface area contributed by atoms with E-state index in [9.17, 15) is 14.7 Å². The van der Waals surface area contributed by atoms with Crippen molar-refractivity contribution in [3.8, 4) is 0 Å². The number of aliphatic hydroxyl groups excluding tert-OH is 1. The molecule has 4 aliphatic carbocycles. The summed E-state index contributed by atoms with van der Waals surface area (Å²) in [6.45, 7) is 1.35. The summed E-state index contributed by atoms with van der Waals surface area (Å²) >= 11 is 0. The Morgan fingerprint density at radius 1 is 1.07 bits per heavy atom. The maximum Gasteiger partial charge on any atom is 0.253 e. The van der Waals surface area contributed by atoms with Gasteiger partial charge in [0.2, 0.25) is 5.91 Å². The molecule has 0 spiro atoms. The zero-order valence-corrected chi connectivity index (χ0v) is 16.3. The van der Waals surface area contributed by atoms with Crippen LogP contribution in [0, 0.1) is 23.2 Å². The third-order valence-electron chi connectivity index (χ3n) is 7.77. The van der Waals surface area contributed by atoms with E-state index in [-0.39, 0.29) is 29.4 Å². The Labute approximate surface area is 166 Å². The maximum absolute atomic E-state index is 13.3. The molecule has 1 saturated heterocycles. The Bertz CT molecular complexity index is 748. The summed E-state index contributed by atoms with van der Waals surface area (Å²) in [4.78, 5) is 28.0. The van der Waals surface area contributed by atoms with Gasteiger partial charge in [-0.1, -0.05) is 18.2 Å². The monoisotopic (exact) mass is 382 g/mol. The largest absolute Gasteiger partial charge is 0.393 e. The van der Waals surface area contributed by atoms with Crippen molar-refractivity contribution in [3.05, 3.63) is 35.9 Å². The number of benzene rings is 1. The fourth-order valence-electron chi connectivity index (χ4n) is 6.66. The van der Waals surface area contributed by atoms with Gasteiger partial charge in [0.05, 0.1) is 11.5 Å². The van der Waals surface area contributed by atoms with Gasteiger partial charge in [0.15, 0.2) is 0 Å². The SMILES string of the molecule is O=C(c1ccccc1)N1CCC[C@H](NC(=O)C23CC4CC(C2)C(O)C(C4)C3)C1. The van der Waals surface area contributed by atoms with E-state index in [4.69, 9.17) is 0 Å². The molecule has 4 saturated carbocycles. The van der Waals surface area contributed by atoms with Crippen molar-refractivity contribution in [3.63, 3.8) is 0 Å². The van der Waals surface area contributed by atoms with Crippen LogP contribution in [0.25, 0.3) is 0 Å². The second-order valence-corrected chi connectivity index (χ2v) is 9.67. The van der Waals surface area contributed by atoms with E-state index in [0.717, 1.165) is 51.5 Å². The first-order valence-corrected chi connectivity index (χ1v) is 10.9. The zero-order valence-electron chi connectivity index (χ0n) is 16.3. The number of hydrogen-bond acceptors (Lipinski definition) is 3. The molecule has 0 aromatic heterocycles. The molecule has 5 fully saturated rings. The summed E-state index contributed by atoms with van der Waals surface area (Å²) < 4.78 is 0. The highest BCUT2D eigenvalue weighted by Crippen LogP contribution is 2.60. The van der Waals surface area contributed by atoms with Crippen LogP contribution in [0.1, 0.15) is 55.3 Å². The Kier molecular flexibility index (Phi) is 4.46. The number of nitrogens with zero attached hydrogens (tertiary/aromatic N) is 1. The molecule has 2 amide bonds. The molecule has 3 atom stereocenters. The van der Waals surface area contributed by atoms with Crippen LogP contribution >= 0.6 is 0 Å². The fraction of sp³-hybridized carbons (Fsp3) is 0.652. The van der Waals surface area contributed by atoms with Gasteiger partial charge in [-0.3, -0.25) is 9.59 Å². The second kappa shape index (κ2) is 6.87. The van der Waals surface area contributed by atoms with Gasteiger partial charge < -0.3 is 15.3 Å². The third kappa shape index (κ3) is 3.04. The predicted molar refractivity (Wildman–Crippen MR) is 106 cm³/mol. The third-order valence-corrected chi connectivity index (χ3v) is 7.77. The van der Waals surface area contributed by atoms with Crippen LogP contribution in [0.3, 0.4) is 0 Å². The van der Waals surface area contributed by atoms with Crippen LogP contribution in [0.5, 0.6) is 0 Å². The number of likely N-dealkylation sites (tertiary alicyclic amines) is 1. The Hall–Kier alpha value is -1.88. The first kappa shape index (κ1) is 18.2. The summed E-state index contributed by atoms with van der Waals surface area (Å²) in [5, 5.41) is 13.8. The summed E-state index contributed by atoms with van der Waals surface area (Å²) in [6.07, 6.45) is 6.50. The van der Waals surface area contributed by atoms with Gasteiger partial charge in [-0.15, -0.1) is 0 Å². The number of piperidine rings is 1. The van der Waals surface area contributed by atoms with Crippen molar-refractivity contribution in [2.45, 2.75) is 57.1 Å². The number of nitrogens with one attached hydrogen (secondary N) is 1. The van der Waals surface area contributed by atoms with Crippen LogP contribution in [-0.4, -0.2) is 47.1 Å². The van der Waals surface area contributed by atoms with Gasteiger partial charge in [-0.05, 0) is 74.8 Å². The highest BCUT2D eigenvalue weighted by Gasteiger charge is 2.58. The smallest absolute Gasteiger partial charge is 0.253 e. The van der Waals surface area contributed by atoms with E-state index >= 15 is 0 Å². The van der Waals surface area contributed by atoms with E-state index in [0.29, 0.717) is 29.9 Å². The number of carbonyl (C=O) groups is 2. The van der Waals surface area contributed by atoms with Crippen LogP contribution in [0.2, 0.25) is 0 Å². The molecule has 1 aromatic carbocycles. The van der Waals surface area contributed by atoms with E-state index in [1.807, 2.05) is 35.2 Å². The average Bonchev–Trinajstić information content (AvgIpc) is 2.71. The molecule has 1 aromatic rings. The van der Waals surface area contributed by atoms with Gasteiger partial charge in [0.1, 0.15) is 0 Å². The van der Waals surface area contributed by atoms with Crippen molar-refractivity contribution in [1.29, 1.82) is 0 Å². The minimum Gasteiger partial charge on any atom is -0.393 e. The Morgan fingerprint density at radius 3 is 2.50 bits per heavy atom. The molecule has 1 heterocycles. The molecule has 1 aliphatic heterocycles. The molecule has 5 aliphatic rings. The summed E-state index contributed by atoms with van der Waals surface area (Å²) in [6, 6.07) is 9.43. The summed E-state index contributed by atoms with van der Waals surface area (Å²) in [5.74, 6) is 1.45.